The molecule has 4 aromatic rings. The first-order valence-corrected chi connectivity index (χ1v) is 17.5. The number of halogens is 2. The fourth-order valence-corrected chi connectivity index (χ4v) is 8.18. The summed E-state index contributed by atoms with van der Waals surface area (Å²) in [7, 11) is 2.10. The molecule has 1 saturated heterocycles. The molecule has 248 valence electrons. The highest BCUT2D eigenvalue weighted by Crippen LogP contribution is 2.54. The Morgan fingerprint density at radius 2 is 1.75 bits per heavy atom. The molecule has 9 rings (SSSR count). The number of aromatic carboxylic acids is 1. The van der Waals surface area contributed by atoms with E-state index in [1.54, 1.807) is 18.5 Å². The van der Waals surface area contributed by atoms with Gasteiger partial charge < -0.3 is 24.2 Å². The van der Waals surface area contributed by atoms with Crippen LogP contribution in [0.15, 0.2) is 41.2 Å². The van der Waals surface area contributed by atoms with Crippen molar-refractivity contribution < 1.29 is 19.2 Å². The maximum atomic E-state index is 12.0. The lowest BCUT2D eigenvalue weighted by Gasteiger charge is -2.51. The molecule has 3 aromatic heterocycles. The number of benzene rings is 1. The predicted molar refractivity (Wildman–Crippen MR) is 185 cm³/mol. The third-order valence-corrected chi connectivity index (χ3v) is 11.4. The molecule has 1 N–H and O–H groups in total. The lowest BCUT2D eigenvalue weighted by Crippen LogP contribution is -2.47. The molecule has 2 bridgehead atoms. The smallest absolute Gasteiger partial charge is 0.354 e. The Morgan fingerprint density at radius 1 is 1.04 bits per heavy atom. The molecule has 4 heterocycles. The zero-order chi connectivity index (χ0) is 33.0. The number of carbonyl (C=O) groups is 1. The monoisotopic (exact) mass is 685 g/mol. The van der Waals surface area contributed by atoms with Gasteiger partial charge in [-0.15, -0.1) is 0 Å². The number of rotatable bonds is 7. The van der Waals surface area contributed by atoms with Crippen molar-refractivity contribution in [3.8, 4) is 23.1 Å². The molecular formula is C37H37Cl2N5O4. The summed E-state index contributed by atoms with van der Waals surface area (Å²) in [6.07, 6.45) is 11.1. The molecule has 0 atom stereocenters. The van der Waals surface area contributed by atoms with Crippen molar-refractivity contribution in [1.29, 1.82) is 0 Å². The quantitative estimate of drug-likeness (QED) is 0.197. The second-order valence-corrected chi connectivity index (χ2v) is 14.8. The van der Waals surface area contributed by atoms with E-state index in [1.807, 2.05) is 18.2 Å². The van der Waals surface area contributed by atoms with Gasteiger partial charge in [-0.3, -0.25) is 4.98 Å². The van der Waals surface area contributed by atoms with Crippen molar-refractivity contribution in [2.45, 2.75) is 69.5 Å². The number of nitrogens with zero attached hydrogens (tertiary/aromatic N) is 5. The van der Waals surface area contributed by atoms with Gasteiger partial charge in [0.15, 0.2) is 5.69 Å². The third kappa shape index (κ3) is 5.94. The van der Waals surface area contributed by atoms with Crippen molar-refractivity contribution in [3.63, 3.8) is 0 Å². The molecule has 0 unspecified atom stereocenters. The summed E-state index contributed by atoms with van der Waals surface area (Å²) in [4.78, 5) is 25.1. The summed E-state index contributed by atoms with van der Waals surface area (Å²) < 4.78 is 12.7. The van der Waals surface area contributed by atoms with E-state index >= 15 is 0 Å². The molecular weight excluding hydrogens is 649 g/mol. The van der Waals surface area contributed by atoms with E-state index < -0.39 is 5.97 Å². The summed E-state index contributed by atoms with van der Waals surface area (Å²) in [5.41, 5.74) is 2.94. The van der Waals surface area contributed by atoms with Crippen molar-refractivity contribution in [2.75, 3.05) is 38.1 Å². The van der Waals surface area contributed by atoms with Gasteiger partial charge in [-0.1, -0.05) is 40.2 Å². The number of anilines is 1. The van der Waals surface area contributed by atoms with Gasteiger partial charge in [0.2, 0.25) is 0 Å². The first-order valence-electron chi connectivity index (χ1n) is 16.8. The minimum Gasteiger partial charge on any atom is -0.477 e. The van der Waals surface area contributed by atoms with Crippen LogP contribution in [0.25, 0.3) is 22.0 Å². The normalized spacial score (nSPS) is 24.1. The largest absolute Gasteiger partial charge is 0.477 e. The highest BCUT2D eigenvalue weighted by molar-refractivity contribution is 6.38. The maximum absolute atomic E-state index is 12.0. The minimum atomic E-state index is -1.02. The van der Waals surface area contributed by atoms with Gasteiger partial charge in [0, 0.05) is 72.0 Å². The number of pyridine rings is 2. The van der Waals surface area contributed by atoms with Gasteiger partial charge in [-0.05, 0) is 88.1 Å². The maximum Gasteiger partial charge on any atom is 0.354 e. The Morgan fingerprint density at radius 3 is 2.42 bits per heavy atom. The van der Waals surface area contributed by atoms with Gasteiger partial charge in [0.05, 0.1) is 22.3 Å². The van der Waals surface area contributed by atoms with E-state index in [-0.39, 0.29) is 16.7 Å². The molecule has 4 aliphatic carbocycles. The van der Waals surface area contributed by atoms with Gasteiger partial charge >= 0.3 is 5.97 Å². The summed E-state index contributed by atoms with van der Waals surface area (Å²) in [5, 5.41) is 16.9. The number of hydrogen-bond donors (Lipinski definition) is 1. The Kier molecular flexibility index (Phi) is 8.11. The number of likely N-dealkylation sites (N-methyl/N-ethyl adjacent to an activating group) is 1. The molecule has 0 amide bonds. The van der Waals surface area contributed by atoms with Gasteiger partial charge in [0.1, 0.15) is 17.3 Å². The van der Waals surface area contributed by atoms with E-state index in [2.05, 4.69) is 43.8 Å². The zero-order valence-electron chi connectivity index (χ0n) is 26.9. The summed E-state index contributed by atoms with van der Waals surface area (Å²) in [6, 6.07) is 7.77. The van der Waals surface area contributed by atoms with Crippen molar-refractivity contribution in [1.82, 2.24) is 20.0 Å². The molecule has 5 aliphatic rings. The van der Waals surface area contributed by atoms with Crippen LogP contribution in [0, 0.1) is 17.3 Å². The van der Waals surface area contributed by atoms with Crippen molar-refractivity contribution in [3.05, 3.63) is 69.3 Å². The van der Waals surface area contributed by atoms with Crippen LogP contribution in [0.1, 0.15) is 84.7 Å². The van der Waals surface area contributed by atoms with E-state index in [0.717, 1.165) is 111 Å². The van der Waals surface area contributed by atoms with E-state index in [1.165, 1.54) is 0 Å². The Bertz CT molecular complexity index is 1930. The number of carboxylic acids is 1. The van der Waals surface area contributed by atoms with E-state index in [0.29, 0.717) is 33.8 Å². The Labute approximate surface area is 289 Å². The highest BCUT2D eigenvalue weighted by atomic mass is 35.5. The average molecular weight is 687 g/mol. The fraction of sp³-hybridized carbons (Fsp3) is 0.459. The molecule has 1 aromatic carbocycles. The standard InChI is InChI=1S/C37H37Cl2N5O4/c1-43-14-16-44(17-15-43)34-26-5-2-23(18-25(26)19-30(41-34)35(45)46)6-7-36-8-11-37(12-9-36,13-10-36)47-22-27-32(42-48-33(27)24-3-4-24)31-28(38)20-40-21-29(31)39/h2,5,18-21,24H,3-4,8-17,22H2,1H3,(H,45,46). The number of ether oxygens (including phenoxy) is 1. The molecule has 5 fully saturated rings. The summed E-state index contributed by atoms with van der Waals surface area (Å²) in [6.45, 7) is 3.85. The number of piperazine rings is 1. The zero-order valence-corrected chi connectivity index (χ0v) is 28.4. The molecule has 4 saturated carbocycles. The Balaban J connectivity index is 0.992. The highest BCUT2D eigenvalue weighted by Gasteiger charge is 2.49. The molecule has 0 radical (unpaired) electrons. The van der Waals surface area contributed by atoms with Gasteiger partial charge in [0.25, 0.3) is 0 Å². The molecule has 48 heavy (non-hydrogen) atoms. The second-order valence-electron chi connectivity index (χ2n) is 14.0. The number of carboxylic acid groups (broad SMARTS) is 1. The molecule has 1 aliphatic heterocycles. The third-order valence-electron chi connectivity index (χ3n) is 10.9. The minimum absolute atomic E-state index is 0.0465. The SMILES string of the molecule is CN1CCN(c2nc(C(=O)O)cc3cc(C#CC45CCC(OCc6c(-c7c(Cl)cncc7Cl)noc6C6CC6)(CC4)CC5)ccc23)CC1. The van der Waals surface area contributed by atoms with Crippen LogP contribution in [-0.2, 0) is 11.3 Å². The average Bonchev–Trinajstić information content (AvgIpc) is 3.86. The van der Waals surface area contributed by atoms with Crippen molar-refractivity contribution >= 4 is 45.8 Å². The fourth-order valence-electron chi connectivity index (χ4n) is 7.63. The van der Waals surface area contributed by atoms with Gasteiger partial charge in [-0.2, -0.15) is 0 Å². The van der Waals surface area contributed by atoms with Crippen molar-refractivity contribution in [2.24, 2.45) is 5.41 Å². The topological polar surface area (TPSA) is 105 Å². The van der Waals surface area contributed by atoms with E-state index in [4.69, 9.17) is 32.5 Å². The lowest BCUT2D eigenvalue weighted by molar-refractivity contribution is -0.131. The first kappa shape index (κ1) is 31.6. The van der Waals surface area contributed by atoms with Crippen LogP contribution in [0.5, 0.6) is 0 Å². The number of aromatic nitrogens is 3. The summed E-state index contributed by atoms with van der Waals surface area (Å²) in [5.74, 6) is 8.11. The van der Waals surface area contributed by atoms with Crippen LogP contribution in [-0.4, -0.2) is 69.9 Å². The van der Waals surface area contributed by atoms with Crippen LogP contribution in [0.3, 0.4) is 0 Å². The van der Waals surface area contributed by atoms with E-state index in [9.17, 15) is 9.90 Å². The second kappa shape index (κ2) is 12.3. The lowest BCUT2D eigenvalue weighted by atomic mass is 9.59. The Hall–Kier alpha value is -3.68. The predicted octanol–water partition coefficient (Wildman–Crippen LogP) is 7.58. The number of hydrogen-bond acceptors (Lipinski definition) is 8. The van der Waals surface area contributed by atoms with Gasteiger partial charge in [-0.25, -0.2) is 9.78 Å². The van der Waals surface area contributed by atoms with Crippen LogP contribution in [0.2, 0.25) is 10.0 Å². The molecule has 9 nitrogen and oxygen atoms in total. The van der Waals surface area contributed by atoms with Crippen LogP contribution in [0.4, 0.5) is 5.82 Å². The first-order chi connectivity index (χ1) is 23.2. The molecule has 11 heteroatoms. The number of fused-ring (bicyclic) bond motifs is 4. The molecule has 0 spiro atoms. The van der Waals surface area contributed by atoms with Crippen LogP contribution < -0.4 is 4.90 Å². The summed E-state index contributed by atoms with van der Waals surface area (Å²) >= 11 is 13.0. The van der Waals surface area contributed by atoms with Crippen LogP contribution >= 0.6 is 23.2 Å².